The first-order valence-corrected chi connectivity index (χ1v) is 22.8. The normalized spacial score (nSPS) is 22.2. The van der Waals surface area contributed by atoms with Crippen LogP contribution in [-0.4, -0.2) is 84.9 Å². The molecule has 1 amide bonds. The molecule has 7 rings (SSSR count). The number of nitrogen functional groups attached to an aromatic ring is 1. The van der Waals surface area contributed by atoms with Crippen molar-refractivity contribution in [2.45, 2.75) is 81.9 Å². The zero-order chi connectivity index (χ0) is 43.7. The summed E-state index contributed by atoms with van der Waals surface area (Å²) in [4.78, 5) is 26.1. The first kappa shape index (κ1) is 44.9. The summed E-state index contributed by atoms with van der Waals surface area (Å²) >= 11 is 18.8. The van der Waals surface area contributed by atoms with Gasteiger partial charge in [-0.15, -0.1) is 0 Å². The van der Waals surface area contributed by atoms with Crippen LogP contribution in [0.2, 0.25) is 15.1 Å². The van der Waals surface area contributed by atoms with E-state index in [1.54, 1.807) is 19.1 Å². The maximum atomic E-state index is 15.3. The number of hydrogen-bond donors (Lipinski definition) is 3. The molecular weight excluding hydrogens is 866 g/mol. The lowest BCUT2D eigenvalue weighted by Gasteiger charge is -2.39. The SMILES string of the molecule is CC1(C)CCC(CN2CCN(c3ccc(C(=O)NS(=O)(=O)c4cnc(OC[C@]5(F)CC[C@](C)(O)CC5)c(Cl)c4)c(Oc4cnc(N)c(Cl)c4)c3)CC2)=C(c2ccc(Cl)cc2)C1. The number of anilines is 2. The number of aromatic nitrogens is 2. The van der Waals surface area contributed by atoms with E-state index < -0.39 is 32.1 Å². The Morgan fingerprint density at radius 3 is 2.30 bits per heavy atom. The number of nitrogens with two attached hydrogens (primary N) is 1. The van der Waals surface area contributed by atoms with Gasteiger partial charge in [0.15, 0.2) is 0 Å². The molecule has 326 valence electrons. The summed E-state index contributed by atoms with van der Waals surface area (Å²) in [5.74, 6) is -0.818. The fraction of sp³-hybridized carbons (Fsp3) is 0.432. The highest BCUT2D eigenvalue weighted by atomic mass is 35.5. The lowest BCUT2D eigenvalue weighted by molar-refractivity contribution is -0.0483. The number of nitrogens with zero attached hydrogens (tertiary/aromatic N) is 4. The van der Waals surface area contributed by atoms with Gasteiger partial charge in [-0.05, 0) is 98.8 Å². The number of hydrogen-bond acceptors (Lipinski definition) is 11. The van der Waals surface area contributed by atoms with E-state index >= 15 is 4.39 Å². The number of allylic oxidation sites excluding steroid dienone is 1. The van der Waals surface area contributed by atoms with Gasteiger partial charge in [-0.25, -0.2) is 27.5 Å². The molecule has 17 heteroatoms. The van der Waals surface area contributed by atoms with Crippen LogP contribution in [0.4, 0.5) is 15.9 Å². The minimum absolute atomic E-state index is 0.0575. The molecule has 1 saturated carbocycles. The Hall–Kier alpha value is -4.18. The second kappa shape index (κ2) is 17.9. The molecular formula is C44H50Cl3FN6O6S. The Bertz CT molecular complexity index is 2420. The molecule has 4 N–H and O–H groups in total. The number of nitrogens with one attached hydrogen (secondary N) is 1. The number of benzene rings is 2. The molecule has 1 saturated heterocycles. The van der Waals surface area contributed by atoms with Gasteiger partial charge in [-0.1, -0.05) is 66.4 Å². The minimum atomic E-state index is -4.52. The molecule has 3 aliphatic rings. The van der Waals surface area contributed by atoms with Crippen molar-refractivity contribution in [3.8, 4) is 17.4 Å². The van der Waals surface area contributed by atoms with Gasteiger partial charge in [0.05, 0.1) is 28.6 Å². The first-order valence-electron chi connectivity index (χ1n) is 20.2. The van der Waals surface area contributed by atoms with Gasteiger partial charge in [-0.2, -0.15) is 0 Å². The van der Waals surface area contributed by atoms with E-state index in [1.165, 1.54) is 35.0 Å². The number of alkyl halides is 1. The van der Waals surface area contributed by atoms with Gasteiger partial charge < -0.3 is 25.2 Å². The molecule has 2 aromatic heterocycles. The first-order chi connectivity index (χ1) is 28.8. The van der Waals surface area contributed by atoms with Crippen LogP contribution in [-0.2, 0) is 10.0 Å². The monoisotopic (exact) mass is 914 g/mol. The van der Waals surface area contributed by atoms with Gasteiger partial charge >= 0.3 is 0 Å². The molecule has 4 aromatic rings. The second-order valence-electron chi connectivity index (χ2n) is 17.3. The molecule has 0 radical (unpaired) electrons. The van der Waals surface area contributed by atoms with Crippen LogP contribution >= 0.6 is 34.8 Å². The molecule has 0 atom stereocenters. The van der Waals surface area contributed by atoms with E-state index in [-0.39, 0.29) is 76.5 Å². The van der Waals surface area contributed by atoms with Crippen molar-refractivity contribution in [3.05, 3.63) is 98.8 Å². The molecule has 2 fully saturated rings. The number of pyridine rings is 2. The molecule has 0 unspecified atom stereocenters. The molecule has 12 nitrogen and oxygen atoms in total. The average Bonchev–Trinajstić information content (AvgIpc) is 3.21. The number of halogens is 4. The predicted octanol–water partition coefficient (Wildman–Crippen LogP) is 9.13. The third-order valence-corrected chi connectivity index (χ3v) is 13.9. The topological polar surface area (TPSA) is 160 Å². The molecule has 1 aliphatic heterocycles. The lowest BCUT2D eigenvalue weighted by atomic mass is 9.72. The van der Waals surface area contributed by atoms with Crippen molar-refractivity contribution >= 4 is 67.8 Å². The van der Waals surface area contributed by atoms with Crippen molar-refractivity contribution < 1.29 is 32.2 Å². The molecule has 0 bridgehead atoms. The van der Waals surface area contributed by atoms with Gasteiger partial charge in [0.1, 0.15) is 39.5 Å². The number of piperazine rings is 1. The molecule has 2 aliphatic carbocycles. The number of sulfonamides is 1. The van der Waals surface area contributed by atoms with Crippen LogP contribution in [0.3, 0.4) is 0 Å². The average molecular weight is 916 g/mol. The van der Waals surface area contributed by atoms with Crippen LogP contribution in [0.5, 0.6) is 17.4 Å². The van der Waals surface area contributed by atoms with Crippen molar-refractivity contribution in [3.63, 3.8) is 0 Å². The van der Waals surface area contributed by atoms with Crippen molar-refractivity contribution in [1.82, 2.24) is 19.6 Å². The van der Waals surface area contributed by atoms with Gasteiger partial charge in [0.2, 0.25) is 5.88 Å². The number of amides is 1. The number of carbonyl (C=O) groups is 1. The van der Waals surface area contributed by atoms with E-state index in [0.29, 0.717) is 13.1 Å². The largest absolute Gasteiger partial charge is 0.473 e. The third-order valence-electron chi connectivity index (χ3n) is 11.8. The zero-order valence-corrected chi connectivity index (χ0v) is 37.4. The summed E-state index contributed by atoms with van der Waals surface area (Å²) in [6, 6.07) is 15.6. The van der Waals surface area contributed by atoms with Gasteiger partial charge in [0, 0.05) is 55.6 Å². The van der Waals surface area contributed by atoms with Crippen molar-refractivity contribution in [2.24, 2.45) is 5.41 Å². The summed E-state index contributed by atoms with van der Waals surface area (Å²) in [7, 11) is -4.52. The van der Waals surface area contributed by atoms with Crippen LogP contribution in [0.1, 0.15) is 81.6 Å². The highest BCUT2D eigenvalue weighted by molar-refractivity contribution is 7.90. The maximum absolute atomic E-state index is 15.3. The summed E-state index contributed by atoms with van der Waals surface area (Å²) in [6.07, 6.45) is 6.21. The van der Waals surface area contributed by atoms with Gasteiger partial charge in [-0.3, -0.25) is 9.69 Å². The number of carbonyl (C=O) groups excluding carboxylic acids is 1. The standard InChI is InChI=1S/C44H50Cl3FN6O6S/c1-42(2)11-10-29(35(23-42)28-4-6-30(45)7-5-28)26-53-16-18-54(19-17-53)31-8-9-34(38(20-31)60-32-21-36(46)39(49)50-24-32)40(55)52-61(57,58)33-22-37(47)41(51-25-33)59-27-44(48)14-12-43(3,56)13-15-44/h4-9,20-22,24-25,56H,10-19,23,26-27H2,1-3H3,(H2,49,50)(H,52,55)/t43-,44-. The Labute approximate surface area is 371 Å². The fourth-order valence-electron chi connectivity index (χ4n) is 7.97. The highest BCUT2D eigenvalue weighted by Crippen LogP contribution is 2.44. The Kier molecular flexibility index (Phi) is 13.2. The maximum Gasteiger partial charge on any atom is 0.268 e. The second-order valence-corrected chi connectivity index (χ2v) is 20.3. The van der Waals surface area contributed by atoms with Crippen LogP contribution in [0.25, 0.3) is 5.57 Å². The van der Waals surface area contributed by atoms with Crippen LogP contribution in [0, 0.1) is 5.41 Å². The van der Waals surface area contributed by atoms with E-state index in [4.69, 9.17) is 50.0 Å². The van der Waals surface area contributed by atoms with E-state index in [0.717, 1.165) is 61.9 Å². The number of ether oxygens (including phenoxy) is 2. The molecule has 61 heavy (non-hydrogen) atoms. The van der Waals surface area contributed by atoms with Crippen molar-refractivity contribution in [2.75, 3.05) is 50.0 Å². The van der Waals surface area contributed by atoms with Gasteiger partial charge in [0.25, 0.3) is 15.9 Å². The third kappa shape index (κ3) is 11.1. The molecule has 3 heterocycles. The number of aliphatic hydroxyl groups is 1. The fourth-order valence-corrected chi connectivity index (χ4v) is 9.47. The van der Waals surface area contributed by atoms with E-state index in [9.17, 15) is 18.3 Å². The van der Waals surface area contributed by atoms with Crippen LogP contribution in [0.15, 0.2) is 77.5 Å². The zero-order valence-electron chi connectivity index (χ0n) is 34.3. The summed E-state index contributed by atoms with van der Waals surface area (Å²) in [5.41, 5.74) is 8.16. The molecule has 0 spiro atoms. The smallest absolute Gasteiger partial charge is 0.268 e. The van der Waals surface area contributed by atoms with E-state index in [1.807, 2.05) is 12.1 Å². The summed E-state index contributed by atoms with van der Waals surface area (Å²) < 4.78 is 56.2. The summed E-state index contributed by atoms with van der Waals surface area (Å²) in [6.45, 7) is 9.81. The Balaban J connectivity index is 1.06. The van der Waals surface area contributed by atoms with Crippen LogP contribution < -0.4 is 24.8 Å². The Morgan fingerprint density at radius 2 is 1.62 bits per heavy atom. The number of rotatable bonds is 12. The van der Waals surface area contributed by atoms with Crippen molar-refractivity contribution in [1.29, 1.82) is 0 Å². The summed E-state index contributed by atoms with van der Waals surface area (Å²) in [5, 5.41) is 10.9. The lowest BCUT2D eigenvalue weighted by Crippen LogP contribution is -2.47. The van der Waals surface area contributed by atoms with E-state index in [2.05, 4.69) is 50.5 Å². The highest BCUT2D eigenvalue weighted by Gasteiger charge is 2.41. The quantitative estimate of drug-likeness (QED) is 0.124. The molecule has 2 aromatic carbocycles. The Morgan fingerprint density at radius 1 is 0.918 bits per heavy atom. The minimum Gasteiger partial charge on any atom is -0.473 e. The predicted molar refractivity (Wildman–Crippen MR) is 237 cm³/mol.